The maximum Gasteiger partial charge on any atom is 0.252 e. The molecule has 2 N–H and O–H groups in total. The zero-order valence-electron chi connectivity index (χ0n) is 14.1. The number of nitrogens with zero attached hydrogens (tertiary/aromatic N) is 3. The van der Waals surface area contributed by atoms with Gasteiger partial charge in [0.15, 0.2) is 5.82 Å². The van der Waals surface area contributed by atoms with Crippen LogP contribution in [0, 0.1) is 5.92 Å². The molecule has 9 nitrogen and oxygen atoms in total. The number of hydrogen-bond acceptors (Lipinski definition) is 8. The van der Waals surface area contributed by atoms with Crippen LogP contribution in [0.1, 0.15) is 30.6 Å². The second-order valence-electron chi connectivity index (χ2n) is 6.30. The topological polar surface area (TPSA) is 113 Å². The summed E-state index contributed by atoms with van der Waals surface area (Å²) in [5, 5.41) is 3.97. The molecule has 0 spiro atoms. The summed E-state index contributed by atoms with van der Waals surface area (Å²) >= 11 is 0. The predicted octanol–water partition coefficient (Wildman–Crippen LogP) is -0.130. The molecule has 24 heavy (non-hydrogen) atoms. The van der Waals surface area contributed by atoms with Gasteiger partial charge in [-0.3, -0.25) is 4.79 Å². The van der Waals surface area contributed by atoms with Crippen molar-refractivity contribution in [3.63, 3.8) is 0 Å². The Bertz CT molecular complexity index is 566. The summed E-state index contributed by atoms with van der Waals surface area (Å²) in [5.74, 6) is 0.823. The van der Waals surface area contributed by atoms with E-state index in [0.29, 0.717) is 50.9 Å². The molecule has 3 rings (SSSR count). The molecule has 0 radical (unpaired) electrons. The van der Waals surface area contributed by atoms with E-state index in [1.165, 1.54) is 0 Å². The van der Waals surface area contributed by atoms with E-state index in [0.717, 1.165) is 0 Å². The van der Waals surface area contributed by atoms with Crippen molar-refractivity contribution in [2.75, 3.05) is 40.5 Å². The van der Waals surface area contributed by atoms with Gasteiger partial charge in [-0.15, -0.1) is 0 Å². The largest absolute Gasteiger partial charge is 0.377 e. The highest BCUT2D eigenvalue weighted by atomic mass is 16.5. The van der Waals surface area contributed by atoms with Gasteiger partial charge in [0.05, 0.1) is 18.8 Å². The van der Waals surface area contributed by atoms with Gasteiger partial charge in [-0.2, -0.15) is 4.98 Å². The fourth-order valence-corrected chi connectivity index (χ4v) is 3.33. The molecule has 1 saturated carbocycles. The van der Waals surface area contributed by atoms with Crippen molar-refractivity contribution in [2.45, 2.75) is 31.1 Å². The Labute approximate surface area is 140 Å². The van der Waals surface area contributed by atoms with Gasteiger partial charge in [0.2, 0.25) is 5.91 Å². The first-order chi connectivity index (χ1) is 11.6. The molecule has 9 heteroatoms. The molecule has 0 bridgehead atoms. The summed E-state index contributed by atoms with van der Waals surface area (Å²) < 4.78 is 21.1. The third-order valence-corrected chi connectivity index (χ3v) is 4.85. The smallest absolute Gasteiger partial charge is 0.252 e. The van der Waals surface area contributed by atoms with Crippen molar-refractivity contribution in [1.29, 1.82) is 0 Å². The molecule has 1 amide bonds. The number of carbonyl (C=O) groups excluding carboxylic acids is 1. The van der Waals surface area contributed by atoms with Crippen molar-refractivity contribution in [2.24, 2.45) is 11.7 Å². The number of hydrogen-bond donors (Lipinski definition) is 1. The number of amides is 1. The number of methoxy groups -OCH3 is 2. The summed E-state index contributed by atoms with van der Waals surface area (Å²) in [6, 6.07) is -0.337. The van der Waals surface area contributed by atoms with Crippen molar-refractivity contribution in [1.82, 2.24) is 15.0 Å². The summed E-state index contributed by atoms with van der Waals surface area (Å²) in [4.78, 5) is 19.0. The van der Waals surface area contributed by atoms with Crippen LogP contribution in [-0.4, -0.2) is 67.1 Å². The van der Waals surface area contributed by atoms with Crippen molar-refractivity contribution >= 4 is 5.91 Å². The molecule has 1 aromatic rings. The van der Waals surface area contributed by atoms with Crippen molar-refractivity contribution in [3.8, 4) is 0 Å². The Balaban J connectivity index is 1.69. The average molecular weight is 340 g/mol. The fraction of sp³-hybridized carbons (Fsp3) is 0.800. The van der Waals surface area contributed by atoms with E-state index in [1.807, 2.05) is 0 Å². The summed E-state index contributed by atoms with van der Waals surface area (Å²) in [6.45, 7) is 2.03. The highest BCUT2D eigenvalue weighted by Crippen LogP contribution is 2.42. The standard InChI is InChI=1S/C15H24N4O5/c1-21-8-12-17-13(18-24-12)11-7-23-4-3-19(11)14(20)10-5-15(6-10,9-16)22-2/h10-11H,3-9,16H2,1-2H3. The molecule has 1 aromatic heterocycles. The molecule has 2 heterocycles. The van der Waals surface area contributed by atoms with Crippen LogP contribution >= 0.6 is 0 Å². The minimum atomic E-state index is -0.361. The first-order valence-electron chi connectivity index (χ1n) is 8.07. The number of nitrogens with two attached hydrogens (primary N) is 1. The lowest BCUT2D eigenvalue weighted by molar-refractivity contribution is -0.163. The van der Waals surface area contributed by atoms with Gasteiger partial charge in [-0.05, 0) is 12.8 Å². The number of carbonyl (C=O) groups is 1. The molecule has 1 saturated heterocycles. The lowest BCUT2D eigenvalue weighted by Gasteiger charge is -2.47. The third kappa shape index (κ3) is 3.16. The zero-order valence-corrected chi connectivity index (χ0v) is 14.1. The predicted molar refractivity (Wildman–Crippen MR) is 81.8 cm³/mol. The Kier molecular flexibility index (Phi) is 5.14. The Morgan fingerprint density at radius 1 is 1.46 bits per heavy atom. The van der Waals surface area contributed by atoms with Crippen LogP contribution in [0.5, 0.6) is 0 Å². The maximum absolute atomic E-state index is 12.9. The SMILES string of the molecule is COCc1nc(C2COCCN2C(=O)C2CC(CN)(OC)C2)no1. The molecule has 1 aliphatic heterocycles. The summed E-state index contributed by atoms with van der Waals surface area (Å²) in [6.07, 6.45) is 1.29. The second kappa shape index (κ2) is 7.14. The van der Waals surface area contributed by atoms with E-state index < -0.39 is 0 Å². The van der Waals surface area contributed by atoms with Crippen LogP contribution in [0.15, 0.2) is 4.52 Å². The van der Waals surface area contributed by atoms with Gasteiger partial charge >= 0.3 is 0 Å². The number of aromatic nitrogens is 2. The third-order valence-electron chi connectivity index (χ3n) is 4.85. The Morgan fingerprint density at radius 3 is 2.92 bits per heavy atom. The summed E-state index contributed by atoms with van der Waals surface area (Å²) in [5.41, 5.74) is 5.39. The monoisotopic (exact) mass is 340 g/mol. The minimum Gasteiger partial charge on any atom is -0.377 e. The van der Waals surface area contributed by atoms with E-state index >= 15 is 0 Å². The fourth-order valence-electron chi connectivity index (χ4n) is 3.33. The molecule has 0 aromatic carbocycles. The van der Waals surface area contributed by atoms with E-state index in [-0.39, 0.29) is 30.1 Å². The molecular formula is C15H24N4O5. The Morgan fingerprint density at radius 2 is 2.25 bits per heavy atom. The number of morpholine rings is 1. The molecule has 2 fully saturated rings. The van der Waals surface area contributed by atoms with Gasteiger partial charge in [-0.1, -0.05) is 5.16 Å². The van der Waals surface area contributed by atoms with Gasteiger partial charge in [-0.25, -0.2) is 0 Å². The number of ether oxygens (including phenoxy) is 3. The molecule has 134 valence electrons. The van der Waals surface area contributed by atoms with E-state index in [9.17, 15) is 4.79 Å². The van der Waals surface area contributed by atoms with Gasteiger partial charge < -0.3 is 29.4 Å². The van der Waals surface area contributed by atoms with Gasteiger partial charge in [0, 0.05) is 33.2 Å². The molecule has 1 atom stereocenters. The molecule has 1 aliphatic carbocycles. The van der Waals surface area contributed by atoms with Crippen LogP contribution in [0.3, 0.4) is 0 Å². The van der Waals surface area contributed by atoms with E-state index in [1.54, 1.807) is 19.1 Å². The number of rotatable bonds is 6. The average Bonchev–Trinajstić information content (AvgIpc) is 3.03. The van der Waals surface area contributed by atoms with Gasteiger partial charge in [0.25, 0.3) is 5.89 Å². The van der Waals surface area contributed by atoms with E-state index in [4.69, 9.17) is 24.5 Å². The summed E-state index contributed by atoms with van der Waals surface area (Å²) in [7, 11) is 3.20. The van der Waals surface area contributed by atoms with E-state index in [2.05, 4.69) is 10.1 Å². The van der Waals surface area contributed by atoms with Crippen LogP contribution in [0.4, 0.5) is 0 Å². The minimum absolute atomic E-state index is 0.0718. The quantitative estimate of drug-likeness (QED) is 0.762. The van der Waals surface area contributed by atoms with Crippen LogP contribution in [-0.2, 0) is 25.6 Å². The molecular weight excluding hydrogens is 316 g/mol. The second-order valence-corrected chi connectivity index (χ2v) is 6.30. The lowest BCUT2D eigenvalue weighted by atomic mass is 9.70. The zero-order chi connectivity index (χ0) is 17.2. The van der Waals surface area contributed by atoms with Crippen molar-refractivity contribution < 1.29 is 23.5 Å². The van der Waals surface area contributed by atoms with Crippen LogP contribution < -0.4 is 5.73 Å². The maximum atomic E-state index is 12.9. The van der Waals surface area contributed by atoms with Gasteiger partial charge in [0.1, 0.15) is 12.6 Å². The molecule has 1 unspecified atom stereocenters. The first-order valence-corrected chi connectivity index (χ1v) is 8.07. The van der Waals surface area contributed by atoms with Crippen molar-refractivity contribution in [3.05, 3.63) is 11.7 Å². The lowest BCUT2D eigenvalue weighted by Crippen LogP contribution is -2.57. The highest BCUT2D eigenvalue weighted by Gasteiger charge is 2.49. The first kappa shape index (κ1) is 17.3. The van der Waals surface area contributed by atoms with Crippen LogP contribution in [0.25, 0.3) is 0 Å². The Hall–Kier alpha value is -1.55. The normalized spacial score (nSPS) is 30.2. The molecule has 2 aliphatic rings. The highest BCUT2D eigenvalue weighted by molar-refractivity contribution is 5.80. The van der Waals surface area contributed by atoms with Crippen LogP contribution in [0.2, 0.25) is 0 Å².